The molecule has 0 fully saturated rings. The number of nitrogens with one attached hydrogen (secondary N) is 1. The summed E-state index contributed by atoms with van der Waals surface area (Å²) < 4.78 is 0. The number of nitrogens with zero attached hydrogens (tertiary/aromatic N) is 1. The van der Waals surface area contributed by atoms with Gasteiger partial charge in [-0.15, -0.1) is 24.8 Å². The first-order valence-electron chi connectivity index (χ1n) is 7.95. The highest BCUT2D eigenvalue weighted by molar-refractivity contribution is 5.87. The molecule has 25 heavy (non-hydrogen) atoms. The van der Waals surface area contributed by atoms with Gasteiger partial charge in [-0.05, 0) is 30.0 Å². The highest BCUT2D eigenvalue weighted by Crippen LogP contribution is 2.24. The molecule has 1 aromatic heterocycles. The largest absolute Gasteiger partial charge is 0.354 e. The Morgan fingerprint density at radius 2 is 1.80 bits per heavy atom. The number of carbonyl (C=O) groups is 1. The van der Waals surface area contributed by atoms with Crippen LogP contribution in [0.3, 0.4) is 0 Å². The van der Waals surface area contributed by atoms with E-state index in [2.05, 4.69) is 24.1 Å². The molecule has 1 heterocycles. The minimum atomic E-state index is -1.04. The van der Waals surface area contributed by atoms with Gasteiger partial charge >= 0.3 is 0 Å². The van der Waals surface area contributed by atoms with Gasteiger partial charge in [0.2, 0.25) is 5.91 Å². The second kappa shape index (κ2) is 10.4. The van der Waals surface area contributed by atoms with Gasteiger partial charge < -0.3 is 11.1 Å². The second-order valence-electron chi connectivity index (χ2n) is 6.42. The van der Waals surface area contributed by atoms with Gasteiger partial charge in [0.25, 0.3) is 0 Å². The normalized spacial score (nSPS) is 13.8. The van der Waals surface area contributed by atoms with Crippen molar-refractivity contribution in [3.8, 4) is 0 Å². The van der Waals surface area contributed by atoms with Crippen LogP contribution in [0.5, 0.6) is 0 Å². The number of pyridine rings is 1. The van der Waals surface area contributed by atoms with E-state index < -0.39 is 5.54 Å². The molecule has 0 aliphatic heterocycles. The van der Waals surface area contributed by atoms with E-state index in [1.807, 2.05) is 48.7 Å². The van der Waals surface area contributed by atoms with Gasteiger partial charge in [0.1, 0.15) is 5.54 Å². The molecule has 0 spiro atoms. The first kappa shape index (κ1) is 23.4. The number of hydrogen-bond acceptors (Lipinski definition) is 3. The predicted octanol–water partition coefficient (Wildman–Crippen LogP) is 3.66. The lowest BCUT2D eigenvalue weighted by Gasteiger charge is -2.27. The van der Waals surface area contributed by atoms with Crippen LogP contribution in [0.4, 0.5) is 0 Å². The first-order chi connectivity index (χ1) is 10.9. The van der Waals surface area contributed by atoms with Crippen LogP contribution < -0.4 is 11.1 Å². The zero-order valence-electron chi connectivity index (χ0n) is 14.8. The number of nitrogens with two attached hydrogens (primary N) is 1. The molecule has 0 aliphatic rings. The van der Waals surface area contributed by atoms with Crippen LogP contribution in [0, 0.1) is 5.92 Å². The summed E-state index contributed by atoms with van der Waals surface area (Å²) in [5.41, 5.74) is 7.15. The Bertz CT molecular complexity index is 634. The minimum Gasteiger partial charge on any atom is -0.354 e. The van der Waals surface area contributed by atoms with E-state index in [-0.39, 0.29) is 36.6 Å². The second-order valence-corrected chi connectivity index (χ2v) is 6.42. The molecule has 3 N–H and O–H groups in total. The molecule has 0 bridgehead atoms. The lowest BCUT2D eigenvalue weighted by Crippen LogP contribution is -2.50. The van der Waals surface area contributed by atoms with Crippen LogP contribution >= 0.6 is 24.8 Å². The van der Waals surface area contributed by atoms with Crippen LogP contribution in [-0.2, 0) is 10.3 Å². The fraction of sp³-hybridized carbons (Fsp3) is 0.368. The number of rotatable bonds is 6. The molecule has 2 atom stereocenters. The molecule has 2 unspecified atom stereocenters. The van der Waals surface area contributed by atoms with Crippen molar-refractivity contribution in [3.05, 3.63) is 66.0 Å². The number of carbonyl (C=O) groups excluding carboxylic acids is 1. The average molecular weight is 384 g/mol. The third kappa shape index (κ3) is 5.99. The molecule has 0 saturated heterocycles. The molecule has 0 radical (unpaired) electrons. The Kier molecular flexibility index (Phi) is 9.72. The number of benzene rings is 1. The zero-order valence-corrected chi connectivity index (χ0v) is 16.4. The van der Waals surface area contributed by atoms with Crippen molar-refractivity contribution in [1.29, 1.82) is 0 Å². The van der Waals surface area contributed by atoms with Crippen LogP contribution in [0.2, 0.25) is 0 Å². The third-order valence-corrected chi connectivity index (χ3v) is 4.24. The Hall–Kier alpha value is -1.62. The van der Waals surface area contributed by atoms with E-state index in [1.54, 1.807) is 13.1 Å². The van der Waals surface area contributed by atoms with Gasteiger partial charge in [0.15, 0.2) is 0 Å². The van der Waals surface area contributed by atoms with E-state index in [0.29, 0.717) is 12.5 Å². The van der Waals surface area contributed by atoms with E-state index >= 15 is 0 Å². The lowest BCUT2D eigenvalue weighted by atomic mass is 9.88. The molecule has 1 aromatic carbocycles. The molecule has 2 rings (SSSR count). The highest BCUT2D eigenvalue weighted by Gasteiger charge is 2.31. The van der Waals surface area contributed by atoms with Gasteiger partial charge in [-0.1, -0.05) is 50.2 Å². The standard InChI is InChI=1S/C19H25N3O.2ClH/c1-14(2)17(15-8-7-11-21-12-15)13-22-18(23)19(3,20)16-9-5-4-6-10-16;;/h4-12,14,17H,13,20H2,1-3H3,(H,22,23);2*1H. The topological polar surface area (TPSA) is 68.0 Å². The van der Waals surface area contributed by atoms with Gasteiger partial charge in [0.05, 0.1) is 0 Å². The quantitative estimate of drug-likeness (QED) is 0.799. The number of halogens is 2. The summed E-state index contributed by atoms with van der Waals surface area (Å²) in [5.74, 6) is 0.428. The van der Waals surface area contributed by atoms with Crippen LogP contribution in [0.25, 0.3) is 0 Å². The van der Waals surface area contributed by atoms with Crippen molar-refractivity contribution in [3.63, 3.8) is 0 Å². The fourth-order valence-corrected chi connectivity index (χ4v) is 2.64. The molecule has 4 nitrogen and oxygen atoms in total. The van der Waals surface area contributed by atoms with Crippen LogP contribution in [0.15, 0.2) is 54.9 Å². The smallest absolute Gasteiger partial charge is 0.244 e. The maximum absolute atomic E-state index is 12.6. The number of hydrogen-bond donors (Lipinski definition) is 2. The monoisotopic (exact) mass is 383 g/mol. The molecule has 138 valence electrons. The Balaban J connectivity index is 0.00000288. The zero-order chi connectivity index (χ0) is 16.9. The van der Waals surface area contributed by atoms with Crippen molar-refractivity contribution in [2.24, 2.45) is 11.7 Å². The third-order valence-electron chi connectivity index (χ3n) is 4.24. The van der Waals surface area contributed by atoms with Crippen molar-refractivity contribution in [1.82, 2.24) is 10.3 Å². The van der Waals surface area contributed by atoms with Gasteiger partial charge in [-0.25, -0.2) is 0 Å². The van der Waals surface area contributed by atoms with E-state index in [0.717, 1.165) is 11.1 Å². The number of amides is 1. The molecular formula is C19H27Cl2N3O. The van der Waals surface area contributed by atoms with Crippen molar-refractivity contribution in [2.75, 3.05) is 6.54 Å². The molecule has 6 heteroatoms. The molecular weight excluding hydrogens is 357 g/mol. The lowest BCUT2D eigenvalue weighted by molar-refractivity contribution is -0.126. The summed E-state index contributed by atoms with van der Waals surface area (Å²) in [6.45, 7) is 6.57. The summed E-state index contributed by atoms with van der Waals surface area (Å²) >= 11 is 0. The Morgan fingerprint density at radius 3 is 2.32 bits per heavy atom. The SMILES string of the molecule is CC(C)C(CNC(=O)C(C)(N)c1ccccc1)c1cccnc1.Cl.Cl. The van der Waals surface area contributed by atoms with Gasteiger partial charge in [-0.2, -0.15) is 0 Å². The summed E-state index contributed by atoms with van der Waals surface area (Å²) in [5, 5.41) is 3.01. The Labute approximate surface area is 162 Å². The minimum absolute atomic E-state index is 0. The van der Waals surface area contributed by atoms with Crippen LogP contribution in [-0.4, -0.2) is 17.4 Å². The number of aromatic nitrogens is 1. The van der Waals surface area contributed by atoms with Gasteiger partial charge in [-0.3, -0.25) is 9.78 Å². The van der Waals surface area contributed by atoms with Crippen molar-refractivity contribution in [2.45, 2.75) is 32.2 Å². The van der Waals surface area contributed by atoms with E-state index in [1.165, 1.54) is 0 Å². The predicted molar refractivity (Wildman–Crippen MR) is 107 cm³/mol. The van der Waals surface area contributed by atoms with Crippen molar-refractivity contribution >= 4 is 30.7 Å². The summed E-state index contributed by atoms with van der Waals surface area (Å²) in [4.78, 5) is 16.7. The van der Waals surface area contributed by atoms with E-state index in [9.17, 15) is 4.79 Å². The van der Waals surface area contributed by atoms with Gasteiger partial charge in [0, 0.05) is 24.9 Å². The van der Waals surface area contributed by atoms with Crippen LogP contribution in [0.1, 0.15) is 37.8 Å². The highest BCUT2D eigenvalue weighted by atomic mass is 35.5. The van der Waals surface area contributed by atoms with E-state index in [4.69, 9.17) is 5.73 Å². The molecule has 1 amide bonds. The molecule has 2 aromatic rings. The first-order valence-corrected chi connectivity index (χ1v) is 7.95. The summed E-state index contributed by atoms with van der Waals surface area (Å²) in [6.07, 6.45) is 3.61. The summed E-state index contributed by atoms with van der Waals surface area (Å²) in [6, 6.07) is 13.4. The maximum Gasteiger partial charge on any atom is 0.244 e. The van der Waals surface area contributed by atoms with Crippen molar-refractivity contribution < 1.29 is 4.79 Å². The Morgan fingerprint density at radius 1 is 1.16 bits per heavy atom. The maximum atomic E-state index is 12.6. The molecule has 0 aliphatic carbocycles. The fourth-order valence-electron chi connectivity index (χ4n) is 2.64. The average Bonchev–Trinajstić information content (AvgIpc) is 2.56. The molecule has 0 saturated carbocycles. The summed E-state index contributed by atoms with van der Waals surface area (Å²) in [7, 11) is 0.